The molecule has 2 rings (SSSR count). The predicted molar refractivity (Wildman–Crippen MR) is 62.5 cm³/mol. The number of carbonyl (C=O) groups excluding carboxylic acids is 3. The van der Waals surface area contributed by atoms with Crippen LogP contribution in [0.3, 0.4) is 0 Å². The lowest BCUT2D eigenvalue weighted by Gasteiger charge is -2.33. The van der Waals surface area contributed by atoms with Gasteiger partial charge in [-0.3, -0.25) is 19.3 Å². The first-order valence-corrected chi connectivity index (χ1v) is 6.22. The van der Waals surface area contributed by atoms with Crippen LogP contribution >= 0.6 is 0 Å². The Labute approximate surface area is 114 Å². The third-order valence-electron chi connectivity index (χ3n) is 3.28. The van der Waals surface area contributed by atoms with E-state index in [4.69, 9.17) is 14.6 Å². The molecule has 0 saturated carbocycles. The molecule has 1 amide bonds. The number of rotatable bonds is 2. The molecule has 20 heavy (non-hydrogen) atoms. The Balaban J connectivity index is 2.19. The first kappa shape index (κ1) is 14.3. The average Bonchev–Trinajstić information content (AvgIpc) is 2.74. The Bertz CT molecular complexity index is 464. The normalized spacial score (nSPS) is 26.1. The van der Waals surface area contributed by atoms with Crippen LogP contribution in [0.25, 0.3) is 0 Å². The van der Waals surface area contributed by atoms with Crippen molar-refractivity contribution < 1.29 is 33.8 Å². The molecule has 1 N–H and O–H groups in total. The summed E-state index contributed by atoms with van der Waals surface area (Å²) >= 11 is 0. The van der Waals surface area contributed by atoms with Crippen molar-refractivity contribution >= 4 is 23.8 Å². The minimum atomic E-state index is -1.70. The molecule has 2 heterocycles. The van der Waals surface area contributed by atoms with Crippen LogP contribution in [0.1, 0.15) is 26.7 Å². The first-order chi connectivity index (χ1) is 9.23. The van der Waals surface area contributed by atoms with Gasteiger partial charge in [-0.1, -0.05) is 0 Å². The fourth-order valence-electron chi connectivity index (χ4n) is 2.44. The molecule has 110 valence electrons. The molecule has 1 atom stereocenters. The Kier molecular flexibility index (Phi) is 3.41. The summed E-state index contributed by atoms with van der Waals surface area (Å²) in [4.78, 5) is 47.8. The minimum Gasteiger partial charge on any atom is -0.465 e. The number of carboxylic acid groups (broad SMARTS) is 1. The van der Waals surface area contributed by atoms with Crippen molar-refractivity contribution in [2.24, 2.45) is 5.92 Å². The molecule has 0 spiro atoms. The quantitative estimate of drug-likeness (QED) is 0.568. The van der Waals surface area contributed by atoms with Crippen molar-refractivity contribution in [3.05, 3.63) is 0 Å². The maximum absolute atomic E-state index is 12.2. The summed E-state index contributed by atoms with van der Waals surface area (Å²) in [6.07, 6.45) is -0.463. The maximum Gasteiger partial charge on any atom is 0.407 e. The van der Waals surface area contributed by atoms with E-state index >= 15 is 0 Å². The molecule has 0 aromatic rings. The predicted octanol–water partition coefficient (Wildman–Crippen LogP) is 0.150. The number of hydrogen-bond acceptors (Lipinski definition) is 6. The van der Waals surface area contributed by atoms with Crippen LogP contribution in [-0.2, 0) is 23.9 Å². The van der Waals surface area contributed by atoms with Gasteiger partial charge in [0.05, 0.1) is 6.04 Å². The van der Waals surface area contributed by atoms with Crippen molar-refractivity contribution in [3.63, 3.8) is 0 Å². The molecule has 2 aliphatic rings. The maximum atomic E-state index is 12.2. The van der Waals surface area contributed by atoms with Crippen LogP contribution in [0.15, 0.2) is 0 Å². The summed E-state index contributed by atoms with van der Waals surface area (Å²) in [6, 6.07) is -1.00. The standard InChI is InChI=1S/C12H15NO7/c1-12(2)19-9(15)7(10(16)20-12)8(14)6-4-3-5-13(6)11(17)18/h6-7H,3-5H2,1-2H3,(H,17,18)/t6-/m0/s1. The summed E-state index contributed by atoms with van der Waals surface area (Å²) in [5, 5.41) is 8.99. The van der Waals surface area contributed by atoms with Gasteiger partial charge in [0.15, 0.2) is 5.78 Å². The Morgan fingerprint density at radius 3 is 2.30 bits per heavy atom. The third kappa shape index (κ3) is 2.45. The molecule has 2 saturated heterocycles. The van der Waals surface area contributed by atoms with Crippen molar-refractivity contribution in [2.45, 2.75) is 38.5 Å². The SMILES string of the molecule is CC1(C)OC(=O)C(C(=O)[C@@H]2CCCN2C(=O)O)C(=O)O1. The smallest absolute Gasteiger partial charge is 0.407 e. The van der Waals surface area contributed by atoms with E-state index in [2.05, 4.69) is 0 Å². The third-order valence-corrected chi connectivity index (χ3v) is 3.28. The molecule has 2 aliphatic heterocycles. The number of carbonyl (C=O) groups is 4. The zero-order valence-electron chi connectivity index (χ0n) is 11.1. The van der Waals surface area contributed by atoms with Gasteiger partial charge in [-0.05, 0) is 12.8 Å². The van der Waals surface area contributed by atoms with Gasteiger partial charge in [-0.25, -0.2) is 4.79 Å². The molecule has 0 aromatic heterocycles. The fraction of sp³-hybridized carbons (Fsp3) is 0.667. The number of amides is 1. The molecular formula is C12H15NO7. The zero-order valence-corrected chi connectivity index (χ0v) is 11.1. The van der Waals surface area contributed by atoms with E-state index in [9.17, 15) is 19.2 Å². The van der Waals surface area contributed by atoms with Crippen LogP contribution in [0, 0.1) is 5.92 Å². The molecular weight excluding hydrogens is 270 g/mol. The minimum absolute atomic E-state index is 0.202. The second kappa shape index (κ2) is 4.77. The van der Waals surface area contributed by atoms with Gasteiger partial charge >= 0.3 is 18.0 Å². The summed E-state index contributed by atoms with van der Waals surface area (Å²) in [7, 11) is 0. The summed E-state index contributed by atoms with van der Waals surface area (Å²) in [6.45, 7) is 2.96. The van der Waals surface area contributed by atoms with E-state index in [1.807, 2.05) is 0 Å². The number of cyclic esters (lactones) is 2. The lowest BCUT2D eigenvalue weighted by molar-refractivity contribution is -0.238. The highest BCUT2D eigenvalue weighted by Crippen LogP contribution is 2.28. The highest BCUT2D eigenvalue weighted by Gasteiger charge is 2.51. The van der Waals surface area contributed by atoms with Crippen molar-refractivity contribution in [3.8, 4) is 0 Å². The zero-order chi connectivity index (χ0) is 15.1. The highest BCUT2D eigenvalue weighted by molar-refractivity contribution is 6.17. The largest absolute Gasteiger partial charge is 0.465 e. The number of nitrogens with zero attached hydrogens (tertiary/aromatic N) is 1. The fourth-order valence-corrected chi connectivity index (χ4v) is 2.44. The first-order valence-electron chi connectivity index (χ1n) is 6.22. The molecule has 0 aromatic carbocycles. The molecule has 2 fully saturated rings. The Hall–Kier alpha value is -2.12. The second-order valence-corrected chi connectivity index (χ2v) is 5.21. The number of Topliss-reactive ketones (excluding diaryl/α,β-unsaturated/α-hetero) is 1. The van der Waals surface area contributed by atoms with E-state index in [0.29, 0.717) is 6.42 Å². The van der Waals surface area contributed by atoms with Gasteiger partial charge in [0.1, 0.15) is 0 Å². The van der Waals surface area contributed by atoms with Crippen molar-refractivity contribution in [2.75, 3.05) is 6.54 Å². The molecule has 0 bridgehead atoms. The number of esters is 2. The Morgan fingerprint density at radius 2 is 1.80 bits per heavy atom. The van der Waals surface area contributed by atoms with Gasteiger partial charge in [0, 0.05) is 20.4 Å². The number of hydrogen-bond donors (Lipinski definition) is 1. The van der Waals surface area contributed by atoms with Gasteiger partial charge in [0.25, 0.3) is 5.79 Å². The summed E-state index contributed by atoms with van der Waals surface area (Å²) in [5.41, 5.74) is 0. The van der Waals surface area contributed by atoms with Crippen LogP contribution in [0.4, 0.5) is 4.79 Å². The molecule has 0 radical (unpaired) electrons. The molecule has 0 unspecified atom stereocenters. The summed E-state index contributed by atoms with van der Waals surface area (Å²) < 4.78 is 9.73. The highest BCUT2D eigenvalue weighted by atomic mass is 16.7. The van der Waals surface area contributed by atoms with E-state index in [0.717, 1.165) is 4.90 Å². The van der Waals surface area contributed by atoms with Crippen LogP contribution < -0.4 is 0 Å². The molecule has 8 nitrogen and oxygen atoms in total. The lowest BCUT2D eigenvalue weighted by Crippen LogP contribution is -2.53. The molecule has 0 aliphatic carbocycles. The number of ketones is 1. The van der Waals surface area contributed by atoms with E-state index in [-0.39, 0.29) is 13.0 Å². The van der Waals surface area contributed by atoms with Gasteiger partial charge in [0.2, 0.25) is 5.92 Å². The monoisotopic (exact) mass is 285 g/mol. The van der Waals surface area contributed by atoms with Crippen LogP contribution in [-0.4, -0.2) is 52.2 Å². The van der Waals surface area contributed by atoms with E-state index in [1.165, 1.54) is 13.8 Å². The number of likely N-dealkylation sites (tertiary alicyclic amines) is 1. The van der Waals surface area contributed by atoms with Gasteiger partial charge < -0.3 is 14.6 Å². The summed E-state index contributed by atoms with van der Waals surface area (Å²) in [5.74, 6) is -5.88. The van der Waals surface area contributed by atoms with Crippen LogP contribution in [0.2, 0.25) is 0 Å². The van der Waals surface area contributed by atoms with Crippen LogP contribution in [0.5, 0.6) is 0 Å². The second-order valence-electron chi connectivity index (χ2n) is 5.21. The van der Waals surface area contributed by atoms with E-state index < -0.39 is 41.6 Å². The van der Waals surface area contributed by atoms with E-state index in [1.54, 1.807) is 0 Å². The lowest BCUT2D eigenvalue weighted by atomic mass is 9.95. The van der Waals surface area contributed by atoms with Gasteiger partial charge in [-0.2, -0.15) is 0 Å². The van der Waals surface area contributed by atoms with Crippen molar-refractivity contribution in [1.29, 1.82) is 0 Å². The average molecular weight is 285 g/mol. The van der Waals surface area contributed by atoms with Gasteiger partial charge in [-0.15, -0.1) is 0 Å². The van der Waals surface area contributed by atoms with Crippen molar-refractivity contribution in [1.82, 2.24) is 4.90 Å². The topological polar surface area (TPSA) is 110 Å². The Morgan fingerprint density at radius 1 is 1.25 bits per heavy atom. The number of ether oxygens (including phenoxy) is 2. The molecule has 8 heteroatoms.